The van der Waals surface area contributed by atoms with E-state index < -0.39 is 127 Å². The Kier molecular flexibility index (Phi) is 31.9. The minimum Gasteiger partial charge on any atom is -0.391 e. The van der Waals surface area contributed by atoms with Gasteiger partial charge in [-0.3, -0.25) is 47.9 Å². The zero-order chi connectivity index (χ0) is 55.2. The van der Waals surface area contributed by atoms with Crippen LogP contribution in [0.2, 0.25) is 0 Å². The van der Waals surface area contributed by atoms with Gasteiger partial charge < -0.3 is 86.3 Å². The van der Waals surface area contributed by atoms with Crippen molar-refractivity contribution in [2.45, 2.75) is 173 Å². The van der Waals surface area contributed by atoms with Crippen LogP contribution in [0, 0.1) is 17.8 Å². The van der Waals surface area contributed by atoms with Gasteiger partial charge in [-0.15, -0.1) is 0 Å². The zero-order valence-electron chi connectivity index (χ0n) is 43.6. The minimum absolute atomic E-state index is 0.0235. The van der Waals surface area contributed by atoms with Gasteiger partial charge in [-0.25, -0.2) is 0 Å². The first-order chi connectivity index (χ1) is 34.5. The molecule has 0 aliphatic heterocycles. The van der Waals surface area contributed by atoms with Gasteiger partial charge in [0.1, 0.15) is 48.4 Å². The average Bonchev–Trinajstić information content (AvgIpc) is 3.33. The van der Waals surface area contributed by atoms with E-state index >= 15 is 0 Å². The number of aliphatic hydroxyl groups excluding tert-OH is 2. The molecule has 418 valence electrons. The second kappa shape index (κ2) is 35.6. The van der Waals surface area contributed by atoms with E-state index in [1.54, 1.807) is 34.6 Å². The summed E-state index contributed by atoms with van der Waals surface area (Å²) in [5.74, 6) is -8.06. The standard InChI is InChI=1S/C47H88N14O12/c1-7-52-46(72)38(28(6)62)61-43(69)33(17-21-51)58-41(67)30(14-11-18-48)57-44(70)34(22-26(2)3)60-45(71)35(23-27(4)5)59-42(68)32(16-20-50)56-36(63)24-53-40(66)31(15-19-49)55-37(64)25-54-47(73)39(65)29-12-9-8-10-13-29/h26-35,38-39,62,65H,7-25,48-51H2,1-6H3,(H,52,72)(H,53,66)(H,54,73)(H,55,64)(H,56,63)(H,57,70)(H,58,67)(H,59,68)(H,60,71)(H,61,69)/t28?,30-,31-,32-,33-,34-,35+,38?,39?/m0/s1. The molecule has 0 heterocycles. The van der Waals surface area contributed by atoms with Crippen molar-refractivity contribution in [3.05, 3.63) is 0 Å². The molecule has 0 saturated heterocycles. The van der Waals surface area contributed by atoms with E-state index in [2.05, 4.69) is 53.2 Å². The minimum atomic E-state index is -1.33. The smallest absolute Gasteiger partial charge is 0.249 e. The van der Waals surface area contributed by atoms with Crippen LogP contribution >= 0.6 is 0 Å². The van der Waals surface area contributed by atoms with E-state index in [9.17, 15) is 58.2 Å². The van der Waals surface area contributed by atoms with Crippen molar-refractivity contribution in [2.75, 3.05) is 45.8 Å². The molecular weight excluding hydrogens is 953 g/mol. The van der Waals surface area contributed by atoms with Gasteiger partial charge in [0.2, 0.25) is 59.1 Å². The van der Waals surface area contributed by atoms with E-state index in [1.165, 1.54) is 6.92 Å². The molecule has 0 bridgehead atoms. The van der Waals surface area contributed by atoms with Crippen LogP contribution < -0.4 is 76.1 Å². The molecule has 0 aromatic rings. The molecule has 73 heavy (non-hydrogen) atoms. The monoisotopic (exact) mass is 1040 g/mol. The quantitative estimate of drug-likeness (QED) is 0.0283. The fraction of sp³-hybridized carbons (Fsp3) is 0.787. The molecule has 0 aromatic carbocycles. The zero-order valence-corrected chi connectivity index (χ0v) is 43.6. The second-order valence-electron chi connectivity index (χ2n) is 19.3. The Morgan fingerprint density at radius 1 is 0.452 bits per heavy atom. The van der Waals surface area contributed by atoms with E-state index in [0.29, 0.717) is 12.8 Å². The van der Waals surface area contributed by atoms with Crippen molar-refractivity contribution in [3.63, 3.8) is 0 Å². The number of hydrogen-bond acceptors (Lipinski definition) is 16. The first kappa shape index (κ1) is 65.5. The topological polar surface area (TPSA) is 436 Å². The Hall–Kier alpha value is -5.54. The van der Waals surface area contributed by atoms with Crippen LogP contribution in [0.15, 0.2) is 0 Å². The van der Waals surface area contributed by atoms with Crippen molar-refractivity contribution >= 4 is 59.1 Å². The summed E-state index contributed by atoms with van der Waals surface area (Å²) in [6.07, 6.45) is 2.01. The maximum absolute atomic E-state index is 14.0. The summed E-state index contributed by atoms with van der Waals surface area (Å²) in [4.78, 5) is 133. The van der Waals surface area contributed by atoms with Gasteiger partial charge in [0, 0.05) is 6.54 Å². The van der Waals surface area contributed by atoms with Crippen LogP contribution in [0.25, 0.3) is 0 Å². The molecule has 10 amide bonds. The molecule has 0 aromatic heterocycles. The Labute approximate surface area is 429 Å². The molecule has 1 fully saturated rings. The highest BCUT2D eigenvalue weighted by Gasteiger charge is 2.35. The number of carbonyl (C=O) groups is 10. The number of rotatable bonds is 35. The average molecular weight is 1040 g/mol. The van der Waals surface area contributed by atoms with E-state index in [1.807, 2.05) is 0 Å². The maximum atomic E-state index is 14.0. The van der Waals surface area contributed by atoms with Gasteiger partial charge in [0.25, 0.3) is 0 Å². The molecule has 0 radical (unpaired) electrons. The highest BCUT2D eigenvalue weighted by molar-refractivity contribution is 5.98. The Morgan fingerprint density at radius 3 is 1.25 bits per heavy atom. The van der Waals surface area contributed by atoms with Crippen molar-refractivity contribution in [2.24, 2.45) is 40.7 Å². The summed E-state index contributed by atoms with van der Waals surface area (Å²) in [6.45, 7) is 9.27. The third-order valence-corrected chi connectivity index (χ3v) is 11.9. The van der Waals surface area contributed by atoms with Crippen molar-refractivity contribution in [1.82, 2.24) is 53.2 Å². The SMILES string of the molecule is CCNC(=O)C(NC(=O)[C@H](CCN)NC(=O)[C@H](CCCN)NC(=O)[C@H](CC(C)C)NC(=O)[C@@H](CC(C)C)NC(=O)[C@H](CCN)NC(=O)CNC(=O)[C@H](CCN)NC(=O)CNC(=O)C(O)C1CCCCC1)C(C)O. The van der Waals surface area contributed by atoms with E-state index in [4.69, 9.17) is 22.9 Å². The maximum Gasteiger partial charge on any atom is 0.249 e. The van der Waals surface area contributed by atoms with Crippen LogP contribution in [0.3, 0.4) is 0 Å². The lowest BCUT2D eigenvalue weighted by atomic mass is 9.85. The Balaban J connectivity index is 3.11. The first-order valence-corrected chi connectivity index (χ1v) is 25.6. The number of likely N-dealkylation sites (N-methyl/N-ethyl adjacent to an activating group) is 1. The van der Waals surface area contributed by atoms with Gasteiger partial charge in [-0.1, -0.05) is 47.0 Å². The lowest BCUT2D eigenvalue weighted by Crippen LogP contribution is -2.61. The van der Waals surface area contributed by atoms with Gasteiger partial charge in [0.15, 0.2) is 0 Å². The first-order valence-electron chi connectivity index (χ1n) is 25.6. The molecule has 3 unspecified atom stereocenters. The molecule has 20 N–H and O–H groups in total. The normalized spacial score (nSPS) is 16.4. The van der Waals surface area contributed by atoms with Crippen LogP contribution in [0.4, 0.5) is 0 Å². The van der Waals surface area contributed by atoms with Gasteiger partial charge >= 0.3 is 0 Å². The number of amides is 10. The number of hydrogen-bond donors (Lipinski definition) is 16. The van der Waals surface area contributed by atoms with Crippen molar-refractivity contribution in [1.29, 1.82) is 0 Å². The van der Waals surface area contributed by atoms with Crippen molar-refractivity contribution in [3.8, 4) is 0 Å². The third-order valence-electron chi connectivity index (χ3n) is 11.9. The van der Waals surface area contributed by atoms with Crippen LogP contribution in [0.1, 0.15) is 119 Å². The summed E-state index contributed by atoms with van der Waals surface area (Å²) in [7, 11) is 0. The molecular formula is C47H88N14O12. The van der Waals surface area contributed by atoms with Crippen LogP contribution in [-0.2, 0) is 47.9 Å². The highest BCUT2D eigenvalue weighted by atomic mass is 16.3. The van der Waals surface area contributed by atoms with Crippen molar-refractivity contribution < 1.29 is 58.2 Å². The Morgan fingerprint density at radius 2 is 0.836 bits per heavy atom. The molecule has 9 atom stereocenters. The summed E-state index contributed by atoms with van der Waals surface area (Å²) in [5.41, 5.74) is 23.0. The number of nitrogens with two attached hydrogens (primary N) is 4. The fourth-order valence-electron chi connectivity index (χ4n) is 8.05. The van der Waals surface area contributed by atoms with E-state index in [-0.39, 0.29) is 95.4 Å². The lowest BCUT2D eigenvalue weighted by molar-refractivity contribution is -0.136. The molecule has 26 nitrogen and oxygen atoms in total. The number of nitrogens with one attached hydrogen (secondary N) is 10. The predicted molar refractivity (Wildman–Crippen MR) is 271 cm³/mol. The van der Waals surface area contributed by atoms with Gasteiger partial charge in [0.05, 0.1) is 19.2 Å². The van der Waals surface area contributed by atoms with Gasteiger partial charge in [-0.2, -0.15) is 0 Å². The molecule has 1 saturated carbocycles. The summed E-state index contributed by atoms with van der Waals surface area (Å²) in [5, 5.41) is 45.9. The second-order valence-corrected chi connectivity index (χ2v) is 19.3. The molecule has 0 spiro atoms. The number of carbonyl (C=O) groups excluding carboxylic acids is 10. The molecule has 1 rings (SSSR count). The van der Waals surface area contributed by atoms with Crippen LogP contribution in [-0.4, -0.2) is 170 Å². The third kappa shape index (κ3) is 25.3. The summed E-state index contributed by atoms with van der Waals surface area (Å²) >= 11 is 0. The highest BCUT2D eigenvalue weighted by Crippen LogP contribution is 2.26. The molecule has 26 heteroatoms. The van der Waals surface area contributed by atoms with Gasteiger partial charge in [-0.05, 0) is 116 Å². The Bertz CT molecular complexity index is 1780. The predicted octanol–water partition coefficient (Wildman–Crippen LogP) is -5.05. The van der Waals surface area contributed by atoms with E-state index in [0.717, 1.165) is 19.3 Å². The molecule has 1 aliphatic rings. The fourth-order valence-corrected chi connectivity index (χ4v) is 8.05. The summed E-state index contributed by atoms with van der Waals surface area (Å²) in [6, 6.07) is -8.78. The lowest BCUT2D eigenvalue weighted by Gasteiger charge is -2.29. The molecule has 1 aliphatic carbocycles. The summed E-state index contributed by atoms with van der Waals surface area (Å²) < 4.78 is 0. The van der Waals surface area contributed by atoms with Crippen LogP contribution in [0.5, 0.6) is 0 Å². The number of aliphatic hydroxyl groups is 2. The largest absolute Gasteiger partial charge is 0.391 e.